The van der Waals surface area contributed by atoms with Gasteiger partial charge in [0, 0.05) is 23.2 Å². The van der Waals surface area contributed by atoms with Gasteiger partial charge in [-0.3, -0.25) is 0 Å². The van der Waals surface area contributed by atoms with Crippen molar-refractivity contribution in [1.82, 2.24) is 4.98 Å². The van der Waals surface area contributed by atoms with Crippen LogP contribution in [-0.2, 0) is 4.79 Å². The number of esters is 1. The molecular formula is C13H11NO2. The molecule has 1 aromatic carbocycles. The number of aromatic nitrogens is 1. The minimum absolute atomic E-state index is 0.298. The Hall–Kier alpha value is -2.16. The highest BCUT2D eigenvalue weighted by Gasteiger charge is 2.06. The molecule has 0 radical (unpaired) electrons. The molecule has 80 valence electrons. The van der Waals surface area contributed by atoms with E-state index in [2.05, 4.69) is 11.6 Å². The fourth-order valence-corrected chi connectivity index (χ4v) is 1.30. The van der Waals surface area contributed by atoms with Crippen molar-refractivity contribution >= 4 is 16.7 Å². The predicted molar refractivity (Wildman–Crippen MR) is 62.2 cm³/mol. The second-order valence-electron chi connectivity index (χ2n) is 3.54. The molecule has 16 heavy (non-hydrogen) atoms. The summed E-state index contributed by atoms with van der Waals surface area (Å²) in [6.07, 6.45) is 1.68. The molecule has 0 bridgehead atoms. The summed E-state index contributed by atoms with van der Waals surface area (Å²) in [6.45, 7) is 5.11. The van der Waals surface area contributed by atoms with Crippen molar-refractivity contribution in [3.63, 3.8) is 0 Å². The van der Waals surface area contributed by atoms with Crippen molar-refractivity contribution in [2.24, 2.45) is 0 Å². The van der Waals surface area contributed by atoms with Crippen molar-refractivity contribution in [2.75, 3.05) is 0 Å². The zero-order chi connectivity index (χ0) is 11.5. The number of rotatable bonds is 2. The Labute approximate surface area is 93.4 Å². The highest BCUT2D eigenvalue weighted by Crippen LogP contribution is 2.17. The number of carbonyl (C=O) groups is 1. The van der Waals surface area contributed by atoms with Gasteiger partial charge in [0.2, 0.25) is 5.88 Å². The van der Waals surface area contributed by atoms with Crippen molar-refractivity contribution in [3.8, 4) is 5.88 Å². The number of carbonyl (C=O) groups excluding carboxylic acids is 1. The highest BCUT2D eigenvalue weighted by molar-refractivity contribution is 5.89. The summed E-state index contributed by atoms with van der Waals surface area (Å²) in [6, 6.07) is 9.48. The van der Waals surface area contributed by atoms with Gasteiger partial charge in [-0.2, -0.15) is 0 Å². The number of fused-ring (bicyclic) bond motifs is 1. The Balaban J connectivity index is 2.33. The number of hydrogen-bond acceptors (Lipinski definition) is 3. The van der Waals surface area contributed by atoms with Gasteiger partial charge in [0.1, 0.15) is 0 Å². The first-order valence-electron chi connectivity index (χ1n) is 4.89. The third-order valence-electron chi connectivity index (χ3n) is 2.15. The second-order valence-corrected chi connectivity index (χ2v) is 3.54. The molecular weight excluding hydrogens is 202 g/mol. The lowest BCUT2D eigenvalue weighted by Crippen LogP contribution is -2.09. The minimum Gasteiger partial charge on any atom is -0.404 e. The van der Waals surface area contributed by atoms with Gasteiger partial charge in [-0.05, 0) is 12.3 Å². The van der Waals surface area contributed by atoms with Crippen LogP contribution in [-0.4, -0.2) is 11.0 Å². The molecule has 0 aliphatic heterocycles. The van der Waals surface area contributed by atoms with Gasteiger partial charge < -0.3 is 4.74 Å². The first-order chi connectivity index (χ1) is 7.66. The van der Waals surface area contributed by atoms with Gasteiger partial charge >= 0.3 is 5.97 Å². The fourth-order valence-electron chi connectivity index (χ4n) is 1.30. The van der Waals surface area contributed by atoms with E-state index in [1.165, 1.54) is 0 Å². The lowest BCUT2D eigenvalue weighted by molar-refractivity contribution is -0.130. The molecule has 1 heterocycles. The van der Waals surface area contributed by atoms with Crippen LogP contribution in [0.5, 0.6) is 5.88 Å². The molecule has 0 N–H and O–H groups in total. The number of ether oxygens (including phenoxy) is 1. The van der Waals surface area contributed by atoms with Gasteiger partial charge in [0.05, 0.1) is 0 Å². The molecule has 0 saturated heterocycles. The van der Waals surface area contributed by atoms with Crippen LogP contribution in [0.2, 0.25) is 0 Å². The Morgan fingerprint density at radius 1 is 1.31 bits per heavy atom. The van der Waals surface area contributed by atoms with E-state index in [1.54, 1.807) is 19.2 Å². The second kappa shape index (κ2) is 4.14. The van der Waals surface area contributed by atoms with Crippen LogP contribution in [0.3, 0.4) is 0 Å². The maximum atomic E-state index is 11.3. The fraction of sp³-hybridized carbons (Fsp3) is 0.0769. The summed E-state index contributed by atoms with van der Waals surface area (Å²) in [5.41, 5.74) is 0.356. The minimum atomic E-state index is -0.456. The van der Waals surface area contributed by atoms with E-state index < -0.39 is 5.97 Å². The number of benzene rings is 1. The molecule has 0 atom stereocenters. The highest BCUT2D eigenvalue weighted by atomic mass is 16.5. The van der Waals surface area contributed by atoms with E-state index in [0.717, 1.165) is 10.8 Å². The molecule has 0 unspecified atom stereocenters. The molecule has 1 aromatic heterocycles. The zero-order valence-corrected chi connectivity index (χ0v) is 8.93. The van der Waals surface area contributed by atoms with E-state index in [9.17, 15) is 4.79 Å². The average Bonchev–Trinajstić information content (AvgIpc) is 2.28. The van der Waals surface area contributed by atoms with E-state index in [1.807, 2.05) is 24.3 Å². The van der Waals surface area contributed by atoms with Gasteiger partial charge in [0.25, 0.3) is 0 Å². The van der Waals surface area contributed by atoms with Crippen LogP contribution in [0.4, 0.5) is 0 Å². The summed E-state index contributed by atoms with van der Waals surface area (Å²) >= 11 is 0. The summed E-state index contributed by atoms with van der Waals surface area (Å²) in [7, 11) is 0. The van der Waals surface area contributed by atoms with E-state index in [0.29, 0.717) is 11.5 Å². The first kappa shape index (κ1) is 10.4. The van der Waals surface area contributed by atoms with E-state index >= 15 is 0 Å². The maximum Gasteiger partial charge on any atom is 0.339 e. The monoisotopic (exact) mass is 213 g/mol. The van der Waals surface area contributed by atoms with Gasteiger partial charge in [-0.1, -0.05) is 30.8 Å². The summed E-state index contributed by atoms with van der Waals surface area (Å²) < 4.78 is 5.03. The molecule has 2 rings (SSSR count). The Morgan fingerprint density at radius 2 is 2.00 bits per heavy atom. The molecule has 0 fully saturated rings. The van der Waals surface area contributed by atoms with Crippen molar-refractivity contribution < 1.29 is 9.53 Å². The largest absolute Gasteiger partial charge is 0.404 e. The lowest BCUT2D eigenvalue weighted by atomic mass is 10.2. The standard InChI is InChI=1S/C13H11NO2/c1-9(2)13(15)16-12-7-10-5-3-4-6-11(10)8-14-12/h3-8H,1H2,2H3. The van der Waals surface area contributed by atoms with Crippen LogP contribution < -0.4 is 4.74 Å². The van der Waals surface area contributed by atoms with Crippen LogP contribution in [0, 0.1) is 0 Å². The van der Waals surface area contributed by atoms with Crippen LogP contribution >= 0.6 is 0 Å². The molecule has 0 aliphatic carbocycles. The van der Waals surface area contributed by atoms with Gasteiger partial charge in [-0.15, -0.1) is 0 Å². The quantitative estimate of drug-likeness (QED) is 0.568. The van der Waals surface area contributed by atoms with Crippen molar-refractivity contribution in [1.29, 1.82) is 0 Å². The Kier molecular flexibility index (Phi) is 2.68. The average molecular weight is 213 g/mol. The van der Waals surface area contributed by atoms with E-state index in [-0.39, 0.29) is 0 Å². The summed E-state index contributed by atoms with van der Waals surface area (Å²) in [5, 5.41) is 2.00. The van der Waals surface area contributed by atoms with Crippen molar-refractivity contribution in [2.45, 2.75) is 6.92 Å². The molecule has 2 aromatic rings. The lowest BCUT2D eigenvalue weighted by Gasteiger charge is -2.03. The van der Waals surface area contributed by atoms with E-state index in [4.69, 9.17) is 4.74 Å². The Bertz CT molecular complexity index is 561. The molecule has 3 heteroatoms. The van der Waals surface area contributed by atoms with Crippen molar-refractivity contribution in [3.05, 3.63) is 48.7 Å². The summed E-state index contributed by atoms with van der Waals surface area (Å²) in [4.78, 5) is 15.3. The van der Waals surface area contributed by atoms with Crippen LogP contribution in [0.25, 0.3) is 10.8 Å². The molecule has 3 nitrogen and oxygen atoms in total. The van der Waals surface area contributed by atoms with Crippen LogP contribution in [0.1, 0.15) is 6.92 Å². The molecule has 0 spiro atoms. The van der Waals surface area contributed by atoms with Gasteiger partial charge in [0.15, 0.2) is 0 Å². The number of pyridine rings is 1. The topological polar surface area (TPSA) is 39.2 Å². The zero-order valence-electron chi connectivity index (χ0n) is 8.93. The third kappa shape index (κ3) is 2.08. The smallest absolute Gasteiger partial charge is 0.339 e. The molecule has 0 amide bonds. The SMILES string of the molecule is C=C(C)C(=O)Oc1cc2ccccc2cn1. The van der Waals surface area contributed by atoms with Gasteiger partial charge in [-0.25, -0.2) is 9.78 Å². The third-order valence-corrected chi connectivity index (χ3v) is 2.15. The molecule has 0 aliphatic rings. The van der Waals surface area contributed by atoms with Crippen LogP contribution in [0.15, 0.2) is 48.7 Å². The number of hydrogen-bond donors (Lipinski definition) is 0. The predicted octanol–water partition coefficient (Wildman–Crippen LogP) is 2.72. The normalized spacial score (nSPS) is 10.1. The maximum absolute atomic E-state index is 11.3. The number of nitrogens with zero attached hydrogens (tertiary/aromatic N) is 1. The Morgan fingerprint density at radius 3 is 2.69 bits per heavy atom. The molecule has 0 saturated carbocycles. The first-order valence-corrected chi connectivity index (χ1v) is 4.89. The summed E-state index contributed by atoms with van der Waals surface area (Å²) in [5.74, 6) is -0.158.